The summed E-state index contributed by atoms with van der Waals surface area (Å²) in [6.45, 7) is 1.50. The molecule has 2 aromatic heterocycles. The molecule has 1 aliphatic heterocycles. The first kappa shape index (κ1) is 23.7. The van der Waals surface area contributed by atoms with Crippen LogP contribution in [-0.4, -0.2) is 28.5 Å². The normalized spacial score (nSPS) is 15.4. The Balaban J connectivity index is 1.39. The van der Waals surface area contributed by atoms with Crippen LogP contribution in [0.1, 0.15) is 37.0 Å². The highest BCUT2D eigenvalue weighted by atomic mass is 19.3. The van der Waals surface area contributed by atoms with Crippen molar-refractivity contribution in [3.05, 3.63) is 70.2 Å². The van der Waals surface area contributed by atoms with Crippen molar-refractivity contribution in [1.29, 1.82) is 5.26 Å². The average molecular weight is 518 g/mol. The van der Waals surface area contributed by atoms with Crippen LogP contribution >= 0.6 is 0 Å². The maximum Gasteiger partial charge on any atom is 0.586 e. The summed E-state index contributed by atoms with van der Waals surface area (Å²) in [6, 6.07) is 14.6. The van der Waals surface area contributed by atoms with Gasteiger partial charge in [-0.15, -0.1) is 8.78 Å². The van der Waals surface area contributed by atoms with E-state index in [0.29, 0.717) is 39.2 Å². The van der Waals surface area contributed by atoms with Crippen molar-refractivity contribution < 1.29 is 27.5 Å². The minimum absolute atomic E-state index is 0.138. The molecule has 11 heteroatoms. The van der Waals surface area contributed by atoms with Gasteiger partial charge in [0.05, 0.1) is 17.0 Å². The van der Waals surface area contributed by atoms with Crippen molar-refractivity contribution in [2.45, 2.75) is 38.5 Å². The van der Waals surface area contributed by atoms with Gasteiger partial charge < -0.3 is 18.8 Å². The Labute approximate surface area is 214 Å². The molecule has 4 aromatic rings. The number of nitrogens with zero attached hydrogens (tertiary/aromatic N) is 4. The monoisotopic (exact) mass is 518 g/mol. The van der Waals surface area contributed by atoms with E-state index in [1.165, 1.54) is 23.1 Å². The van der Waals surface area contributed by atoms with Crippen LogP contribution in [-0.2, 0) is 11.3 Å². The molecule has 1 fully saturated rings. The van der Waals surface area contributed by atoms with Gasteiger partial charge in [-0.3, -0.25) is 9.59 Å². The number of anilines is 1. The van der Waals surface area contributed by atoms with Crippen LogP contribution in [0.25, 0.3) is 22.2 Å². The predicted molar refractivity (Wildman–Crippen MR) is 131 cm³/mol. The van der Waals surface area contributed by atoms with Gasteiger partial charge in [0, 0.05) is 29.8 Å². The van der Waals surface area contributed by atoms with Crippen LogP contribution in [0.4, 0.5) is 14.5 Å². The van der Waals surface area contributed by atoms with Gasteiger partial charge in [-0.25, -0.2) is 4.68 Å². The van der Waals surface area contributed by atoms with E-state index in [0.717, 1.165) is 17.5 Å². The van der Waals surface area contributed by atoms with Crippen LogP contribution in [0.3, 0.4) is 0 Å². The summed E-state index contributed by atoms with van der Waals surface area (Å²) >= 11 is 0. The van der Waals surface area contributed by atoms with E-state index in [1.54, 1.807) is 37.3 Å². The fraction of sp³-hybridized carbons (Fsp3) is 0.259. The number of carbonyl (C=O) groups is 1. The molecule has 0 atom stereocenters. The zero-order valence-corrected chi connectivity index (χ0v) is 20.1. The van der Waals surface area contributed by atoms with Gasteiger partial charge in [0.1, 0.15) is 18.0 Å². The number of benzene rings is 2. The van der Waals surface area contributed by atoms with Crippen LogP contribution < -0.4 is 19.9 Å². The van der Waals surface area contributed by atoms with Crippen molar-refractivity contribution in [2.24, 2.45) is 0 Å². The molecule has 0 spiro atoms. The molecule has 38 heavy (non-hydrogen) atoms. The molecule has 2 aromatic carbocycles. The van der Waals surface area contributed by atoms with Crippen molar-refractivity contribution >= 4 is 22.6 Å². The number of furan rings is 1. The minimum atomic E-state index is -3.78. The second kappa shape index (κ2) is 8.69. The molecule has 3 heterocycles. The summed E-state index contributed by atoms with van der Waals surface area (Å²) in [5.41, 5.74) is 1.42. The summed E-state index contributed by atoms with van der Waals surface area (Å²) in [4.78, 5) is 28.1. The number of carbonyl (C=O) groups excluding carboxylic acids is 1. The van der Waals surface area contributed by atoms with E-state index in [2.05, 4.69) is 20.6 Å². The number of likely N-dealkylation sites (N-methyl/N-ethyl adjacent to an activating group) is 1. The number of rotatable bonds is 6. The highest BCUT2D eigenvalue weighted by Gasteiger charge is 2.43. The number of ether oxygens (including phenoxy) is 2. The fourth-order valence-electron chi connectivity index (χ4n) is 4.52. The predicted octanol–water partition coefficient (Wildman–Crippen LogP) is 4.78. The molecule has 0 unspecified atom stereocenters. The Morgan fingerprint density at radius 2 is 1.97 bits per heavy atom. The van der Waals surface area contributed by atoms with Gasteiger partial charge in [-0.05, 0) is 50.1 Å². The maximum absolute atomic E-state index is 13.5. The summed E-state index contributed by atoms with van der Waals surface area (Å²) < 4.78 is 43.0. The van der Waals surface area contributed by atoms with E-state index in [1.807, 2.05) is 0 Å². The number of nitriles is 1. The Morgan fingerprint density at radius 1 is 1.18 bits per heavy atom. The van der Waals surface area contributed by atoms with Crippen molar-refractivity contribution in [2.75, 3.05) is 11.4 Å². The average Bonchev–Trinajstić information content (AvgIpc) is 3.57. The molecule has 9 nitrogen and oxygen atoms in total. The standard InChI is InChI=1S/C27H20F2N4O5/c1-2-32(18-8-9-20-22(11-18)38-27(28,29)37-20)23(34)14-33-26(35)19-12-21(16-6-7-16)36-25(19)24(31-33)17-5-3-4-15(10-17)13-30/h3-5,8-12,16H,2,6-7,14H2,1H3. The first-order valence-corrected chi connectivity index (χ1v) is 12.0. The fourth-order valence-corrected chi connectivity index (χ4v) is 4.52. The van der Waals surface area contributed by atoms with E-state index in [-0.39, 0.29) is 24.0 Å². The van der Waals surface area contributed by atoms with E-state index >= 15 is 0 Å². The van der Waals surface area contributed by atoms with Crippen LogP contribution in [0, 0.1) is 11.3 Å². The molecule has 6 rings (SSSR count). The van der Waals surface area contributed by atoms with Gasteiger partial charge >= 0.3 is 6.29 Å². The number of hydrogen-bond acceptors (Lipinski definition) is 7. The first-order chi connectivity index (χ1) is 18.3. The molecule has 2 aliphatic rings. The second-order valence-corrected chi connectivity index (χ2v) is 9.11. The summed E-state index contributed by atoms with van der Waals surface area (Å²) in [5.74, 6) is 0.106. The van der Waals surface area contributed by atoms with Crippen LogP contribution in [0.2, 0.25) is 0 Å². The molecule has 1 aliphatic carbocycles. The van der Waals surface area contributed by atoms with E-state index < -0.39 is 24.3 Å². The van der Waals surface area contributed by atoms with Crippen molar-refractivity contribution in [3.8, 4) is 28.8 Å². The smallest absolute Gasteiger partial charge is 0.458 e. The number of aromatic nitrogens is 2. The molecular formula is C27H20F2N4O5. The molecule has 0 saturated heterocycles. The van der Waals surface area contributed by atoms with Gasteiger partial charge in [0.25, 0.3) is 5.56 Å². The van der Waals surface area contributed by atoms with Crippen LogP contribution in [0.15, 0.2) is 57.7 Å². The molecule has 0 radical (unpaired) electrons. The van der Waals surface area contributed by atoms with E-state index in [9.17, 15) is 23.6 Å². The van der Waals surface area contributed by atoms with Gasteiger partial charge in [0.2, 0.25) is 5.91 Å². The highest BCUT2D eigenvalue weighted by molar-refractivity contribution is 5.94. The lowest BCUT2D eigenvalue weighted by Crippen LogP contribution is -2.37. The lowest BCUT2D eigenvalue weighted by molar-refractivity contribution is -0.286. The largest absolute Gasteiger partial charge is 0.586 e. The lowest BCUT2D eigenvalue weighted by atomic mass is 10.1. The molecule has 0 bridgehead atoms. The summed E-state index contributed by atoms with van der Waals surface area (Å²) in [7, 11) is 0. The maximum atomic E-state index is 13.5. The Morgan fingerprint density at radius 3 is 2.71 bits per heavy atom. The van der Waals surface area contributed by atoms with Gasteiger partial charge in [-0.2, -0.15) is 10.4 Å². The zero-order valence-electron chi connectivity index (χ0n) is 20.1. The number of fused-ring (bicyclic) bond motifs is 2. The third-order valence-electron chi connectivity index (χ3n) is 6.50. The SMILES string of the molecule is CCN(C(=O)Cn1nc(-c2cccc(C#N)c2)c2oc(C3CC3)cc2c1=O)c1ccc2c(c1)OC(F)(F)O2. The summed E-state index contributed by atoms with van der Waals surface area (Å²) in [5, 5.41) is 14.1. The third kappa shape index (κ3) is 4.14. The minimum Gasteiger partial charge on any atom is -0.458 e. The van der Waals surface area contributed by atoms with Crippen molar-refractivity contribution in [1.82, 2.24) is 9.78 Å². The van der Waals surface area contributed by atoms with Crippen molar-refractivity contribution in [3.63, 3.8) is 0 Å². The highest BCUT2D eigenvalue weighted by Crippen LogP contribution is 2.44. The number of alkyl halides is 2. The quantitative estimate of drug-likeness (QED) is 0.361. The molecular weight excluding hydrogens is 498 g/mol. The molecule has 0 N–H and O–H groups in total. The second-order valence-electron chi connectivity index (χ2n) is 9.11. The lowest BCUT2D eigenvalue weighted by Gasteiger charge is -2.21. The zero-order chi connectivity index (χ0) is 26.6. The molecule has 1 amide bonds. The number of hydrogen-bond donors (Lipinski definition) is 0. The topological polar surface area (TPSA) is 111 Å². The van der Waals surface area contributed by atoms with Crippen LogP contribution in [0.5, 0.6) is 11.5 Å². The summed E-state index contributed by atoms with van der Waals surface area (Å²) in [6.07, 6.45) is -1.85. The number of halogens is 2. The molecule has 1 saturated carbocycles. The Kier molecular flexibility index (Phi) is 5.41. The Bertz CT molecular complexity index is 1700. The van der Waals surface area contributed by atoms with Gasteiger partial charge in [-0.1, -0.05) is 12.1 Å². The number of amides is 1. The Hall–Kier alpha value is -4.72. The van der Waals surface area contributed by atoms with Gasteiger partial charge in [0.15, 0.2) is 17.1 Å². The third-order valence-corrected chi connectivity index (χ3v) is 6.50. The first-order valence-electron chi connectivity index (χ1n) is 12.0. The molecule has 192 valence electrons. The van der Waals surface area contributed by atoms with E-state index in [4.69, 9.17) is 4.42 Å².